The molecule has 0 aliphatic rings. The van der Waals surface area contributed by atoms with E-state index in [1.54, 1.807) is 43.5 Å². The van der Waals surface area contributed by atoms with Gasteiger partial charge in [0.05, 0.1) is 25.4 Å². The molecular formula is C19H23ClN2O4S. The van der Waals surface area contributed by atoms with E-state index in [1.807, 2.05) is 19.1 Å². The molecule has 27 heavy (non-hydrogen) atoms. The number of amides is 1. The van der Waals surface area contributed by atoms with Crippen molar-refractivity contribution >= 4 is 27.5 Å². The second-order valence-corrected chi connectivity index (χ2v) is 8.48. The summed E-state index contributed by atoms with van der Waals surface area (Å²) in [7, 11) is -1.95. The van der Waals surface area contributed by atoms with Crippen LogP contribution in [0.5, 0.6) is 5.75 Å². The maximum atomic E-state index is 12.5. The van der Waals surface area contributed by atoms with Crippen molar-refractivity contribution in [3.05, 3.63) is 64.7 Å². The van der Waals surface area contributed by atoms with Gasteiger partial charge in [0, 0.05) is 11.4 Å². The van der Waals surface area contributed by atoms with Crippen LogP contribution in [0.25, 0.3) is 0 Å². The summed E-state index contributed by atoms with van der Waals surface area (Å²) < 4.78 is 31.1. The zero-order valence-electron chi connectivity index (χ0n) is 15.4. The molecular weight excluding hydrogens is 388 g/mol. The highest BCUT2D eigenvalue weighted by Crippen LogP contribution is 2.22. The molecule has 0 radical (unpaired) electrons. The van der Waals surface area contributed by atoms with Crippen molar-refractivity contribution < 1.29 is 17.9 Å². The molecule has 0 saturated heterocycles. The Morgan fingerprint density at radius 1 is 1.07 bits per heavy atom. The van der Waals surface area contributed by atoms with Crippen molar-refractivity contribution in [3.8, 4) is 5.75 Å². The second kappa shape index (κ2) is 9.21. The lowest BCUT2D eigenvalue weighted by Gasteiger charge is -2.20. The Morgan fingerprint density at radius 2 is 1.63 bits per heavy atom. The summed E-state index contributed by atoms with van der Waals surface area (Å²) in [6, 6.07) is 13.2. The van der Waals surface area contributed by atoms with Crippen molar-refractivity contribution in [2.75, 3.05) is 13.4 Å². The fourth-order valence-electron chi connectivity index (χ4n) is 2.64. The van der Waals surface area contributed by atoms with Gasteiger partial charge in [0.1, 0.15) is 5.75 Å². The van der Waals surface area contributed by atoms with Gasteiger partial charge in [-0.25, -0.2) is 13.1 Å². The number of carbonyl (C=O) groups excluding carboxylic acids is 1. The van der Waals surface area contributed by atoms with Crippen LogP contribution in [-0.4, -0.2) is 27.7 Å². The zero-order chi connectivity index (χ0) is 20.0. The molecule has 1 amide bonds. The van der Waals surface area contributed by atoms with Crippen LogP contribution in [0, 0.1) is 0 Å². The van der Waals surface area contributed by atoms with Gasteiger partial charge < -0.3 is 10.1 Å². The van der Waals surface area contributed by atoms with Gasteiger partial charge in [0.15, 0.2) is 0 Å². The summed E-state index contributed by atoms with van der Waals surface area (Å²) in [4.78, 5) is 12.5. The average molecular weight is 411 g/mol. The highest BCUT2D eigenvalue weighted by atomic mass is 35.5. The maximum Gasteiger partial charge on any atom is 0.222 e. The first-order valence-electron chi connectivity index (χ1n) is 8.34. The highest BCUT2D eigenvalue weighted by Gasteiger charge is 2.21. The molecule has 0 unspecified atom stereocenters. The summed E-state index contributed by atoms with van der Waals surface area (Å²) in [5.41, 5.74) is 1.58. The molecule has 0 saturated carbocycles. The maximum absolute atomic E-state index is 12.5. The Hall–Kier alpha value is -2.09. The summed E-state index contributed by atoms with van der Waals surface area (Å²) in [6.07, 6.45) is 1.04. The summed E-state index contributed by atoms with van der Waals surface area (Å²) in [5.74, 6) is 0.382. The summed E-state index contributed by atoms with van der Waals surface area (Å²) >= 11 is 5.88. The third-order valence-corrected chi connectivity index (χ3v) is 4.98. The van der Waals surface area contributed by atoms with E-state index in [9.17, 15) is 13.2 Å². The lowest BCUT2D eigenvalue weighted by molar-refractivity contribution is -0.122. The van der Waals surface area contributed by atoms with E-state index >= 15 is 0 Å². The number of hydrogen-bond acceptors (Lipinski definition) is 4. The van der Waals surface area contributed by atoms with Gasteiger partial charge in [-0.2, -0.15) is 0 Å². The second-order valence-electron chi connectivity index (χ2n) is 6.26. The van der Waals surface area contributed by atoms with Crippen LogP contribution in [0.15, 0.2) is 48.5 Å². The monoisotopic (exact) mass is 410 g/mol. The Labute approximate surface area is 164 Å². The van der Waals surface area contributed by atoms with E-state index in [0.717, 1.165) is 11.8 Å². The minimum atomic E-state index is -3.49. The lowest BCUT2D eigenvalue weighted by Crippen LogP contribution is -2.34. The van der Waals surface area contributed by atoms with Crippen LogP contribution in [0.3, 0.4) is 0 Å². The third kappa shape index (κ3) is 6.86. The first kappa shape index (κ1) is 21.2. The van der Waals surface area contributed by atoms with Gasteiger partial charge in [0.25, 0.3) is 0 Å². The molecule has 0 aliphatic carbocycles. The number of nitrogens with one attached hydrogen (secondary N) is 2. The minimum Gasteiger partial charge on any atom is -0.497 e. The van der Waals surface area contributed by atoms with Crippen LogP contribution in [-0.2, 0) is 14.8 Å². The van der Waals surface area contributed by atoms with E-state index in [1.165, 1.54) is 0 Å². The minimum absolute atomic E-state index is 0.0304. The molecule has 0 bridgehead atoms. The first-order chi connectivity index (χ1) is 12.7. The fraction of sp³-hybridized carbons (Fsp3) is 0.316. The first-order valence-corrected chi connectivity index (χ1v) is 10.6. The zero-order valence-corrected chi connectivity index (χ0v) is 17.0. The van der Waals surface area contributed by atoms with Crippen molar-refractivity contribution in [2.24, 2.45) is 0 Å². The molecule has 146 valence electrons. The Kier molecular flexibility index (Phi) is 7.24. The van der Waals surface area contributed by atoms with E-state index in [4.69, 9.17) is 16.3 Å². The molecule has 8 heteroatoms. The lowest BCUT2D eigenvalue weighted by atomic mass is 10.0. The van der Waals surface area contributed by atoms with Crippen LogP contribution in [0.4, 0.5) is 0 Å². The van der Waals surface area contributed by atoms with E-state index in [2.05, 4.69) is 10.0 Å². The molecule has 2 N–H and O–H groups in total. The molecule has 0 aromatic heterocycles. The molecule has 0 aliphatic heterocycles. The molecule has 2 aromatic carbocycles. The molecule has 2 atom stereocenters. The molecule has 0 heterocycles. The predicted octanol–water partition coefficient (Wildman–Crippen LogP) is 3.21. The average Bonchev–Trinajstić information content (AvgIpc) is 2.60. The number of benzene rings is 2. The summed E-state index contributed by atoms with van der Waals surface area (Å²) in [6.45, 7) is 1.85. The van der Waals surface area contributed by atoms with E-state index in [-0.39, 0.29) is 18.4 Å². The number of halogens is 1. The topological polar surface area (TPSA) is 84.5 Å². The Morgan fingerprint density at radius 3 is 2.15 bits per heavy atom. The van der Waals surface area contributed by atoms with Crippen LogP contribution in [0.2, 0.25) is 5.02 Å². The molecule has 6 nitrogen and oxygen atoms in total. The SMILES string of the molecule is COc1ccc([C@@H](CC(=O)N[C@H](C)c2ccc(Cl)cc2)NS(C)(=O)=O)cc1. The molecule has 0 spiro atoms. The number of ether oxygens (including phenoxy) is 1. The summed E-state index contributed by atoms with van der Waals surface area (Å²) in [5, 5.41) is 3.50. The van der Waals surface area contributed by atoms with Gasteiger partial charge in [0.2, 0.25) is 15.9 Å². The predicted molar refractivity (Wildman–Crippen MR) is 106 cm³/mol. The Bertz CT molecular complexity index is 868. The Balaban J connectivity index is 2.11. The van der Waals surface area contributed by atoms with Gasteiger partial charge in [-0.05, 0) is 42.3 Å². The normalized spacial score (nSPS) is 13.6. The van der Waals surface area contributed by atoms with Gasteiger partial charge >= 0.3 is 0 Å². The van der Waals surface area contributed by atoms with Crippen molar-refractivity contribution in [2.45, 2.75) is 25.4 Å². The van der Waals surface area contributed by atoms with Crippen molar-refractivity contribution in [3.63, 3.8) is 0 Å². The standard InChI is InChI=1S/C19H23ClN2O4S/c1-13(14-4-8-16(20)9-5-14)21-19(23)12-18(22-27(3,24)25)15-6-10-17(26-2)11-7-15/h4-11,13,18,22H,12H2,1-3H3,(H,21,23)/t13-,18-/m1/s1. The van der Waals surface area contributed by atoms with Gasteiger partial charge in [-0.1, -0.05) is 35.9 Å². The number of hydrogen-bond donors (Lipinski definition) is 2. The van der Waals surface area contributed by atoms with Crippen LogP contribution < -0.4 is 14.8 Å². The number of rotatable bonds is 8. The highest BCUT2D eigenvalue weighted by molar-refractivity contribution is 7.88. The quantitative estimate of drug-likeness (QED) is 0.699. The van der Waals surface area contributed by atoms with Crippen LogP contribution in [0.1, 0.15) is 36.6 Å². The molecule has 0 fully saturated rings. The number of methoxy groups -OCH3 is 1. The van der Waals surface area contributed by atoms with Crippen LogP contribution >= 0.6 is 11.6 Å². The number of carbonyl (C=O) groups is 1. The van der Waals surface area contributed by atoms with Crippen molar-refractivity contribution in [1.29, 1.82) is 0 Å². The third-order valence-electron chi connectivity index (χ3n) is 4.01. The van der Waals surface area contributed by atoms with Crippen molar-refractivity contribution in [1.82, 2.24) is 10.0 Å². The largest absolute Gasteiger partial charge is 0.497 e. The molecule has 2 aromatic rings. The van der Waals surface area contributed by atoms with E-state index in [0.29, 0.717) is 16.3 Å². The fourth-order valence-corrected chi connectivity index (χ4v) is 3.51. The van der Waals surface area contributed by atoms with E-state index < -0.39 is 16.1 Å². The number of sulfonamides is 1. The van der Waals surface area contributed by atoms with Gasteiger partial charge in [-0.3, -0.25) is 4.79 Å². The molecule has 2 rings (SSSR count). The smallest absolute Gasteiger partial charge is 0.222 e. The van der Waals surface area contributed by atoms with Gasteiger partial charge in [-0.15, -0.1) is 0 Å².